The summed E-state index contributed by atoms with van der Waals surface area (Å²) < 4.78 is 23.0. The number of halogens is 1. The third kappa shape index (κ3) is 2.77. The van der Waals surface area contributed by atoms with Crippen molar-refractivity contribution in [1.29, 1.82) is 0 Å². The molecule has 7 nitrogen and oxygen atoms in total. The zero-order valence-corrected chi connectivity index (χ0v) is 11.7. The fraction of sp³-hybridized carbons (Fsp3) is 0.143. The van der Waals surface area contributed by atoms with Crippen molar-refractivity contribution < 1.29 is 13.7 Å². The van der Waals surface area contributed by atoms with Crippen LogP contribution >= 0.6 is 0 Å². The van der Waals surface area contributed by atoms with Crippen molar-refractivity contribution in [3.8, 4) is 22.8 Å². The van der Waals surface area contributed by atoms with Crippen molar-refractivity contribution in [2.24, 2.45) is 0 Å². The highest BCUT2D eigenvalue weighted by Crippen LogP contribution is 2.24. The van der Waals surface area contributed by atoms with Gasteiger partial charge in [0, 0.05) is 18.9 Å². The molecule has 0 saturated heterocycles. The molecule has 3 rings (SSSR count). The van der Waals surface area contributed by atoms with Crippen molar-refractivity contribution in [1.82, 2.24) is 20.1 Å². The molecule has 0 saturated carbocycles. The number of rotatable bonds is 4. The number of benzene rings is 1. The van der Waals surface area contributed by atoms with E-state index in [0.717, 1.165) is 0 Å². The molecule has 3 aromatic rings. The van der Waals surface area contributed by atoms with Crippen LogP contribution in [0, 0.1) is 5.82 Å². The number of methoxy groups -OCH3 is 1. The van der Waals surface area contributed by atoms with Crippen LogP contribution in [0.4, 0.5) is 10.2 Å². The van der Waals surface area contributed by atoms with Crippen LogP contribution in [0.5, 0.6) is 0 Å². The molecule has 0 fully saturated rings. The first-order valence-corrected chi connectivity index (χ1v) is 6.37. The molecule has 0 amide bonds. The van der Waals surface area contributed by atoms with Crippen molar-refractivity contribution >= 4 is 5.82 Å². The summed E-state index contributed by atoms with van der Waals surface area (Å²) in [6, 6.07) is 5.73. The molecule has 22 heavy (non-hydrogen) atoms. The number of hydrogen-bond donors (Lipinski definition) is 1. The number of nitrogen functional groups attached to an aromatic ring is 1. The van der Waals surface area contributed by atoms with Gasteiger partial charge < -0.3 is 15.0 Å². The SMILES string of the molecule is COCc1ncc(-c2noc(-c3ccc(F)cc3)n2)c(N)n1. The Labute approximate surface area is 125 Å². The van der Waals surface area contributed by atoms with Gasteiger partial charge in [0.05, 0.1) is 5.56 Å². The van der Waals surface area contributed by atoms with Crippen LogP contribution < -0.4 is 5.73 Å². The highest BCUT2D eigenvalue weighted by atomic mass is 19.1. The Morgan fingerprint density at radius 2 is 2.00 bits per heavy atom. The normalized spacial score (nSPS) is 10.8. The summed E-state index contributed by atoms with van der Waals surface area (Å²) in [5.74, 6) is 0.880. The molecule has 0 bridgehead atoms. The minimum atomic E-state index is -0.338. The number of nitrogens with two attached hydrogens (primary N) is 1. The van der Waals surface area contributed by atoms with Crippen molar-refractivity contribution in [2.75, 3.05) is 12.8 Å². The van der Waals surface area contributed by atoms with E-state index in [9.17, 15) is 4.39 Å². The third-order valence-electron chi connectivity index (χ3n) is 2.90. The van der Waals surface area contributed by atoms with Crippen molar-refractivity contribution in [2.45, 2.75) is 6.61 Å². The van der Waals surface area contributed by atoms with Gasteiger partial charge in [0.1, 0.15) is 18.2 Å². The van der Waals surface area contributed by atoms with Gasteiger partial charge >= 0.3 is 0 Å². The fourth-order valence-corrected chi connectivity index (χ4v) is 1.85. The number of aromatic nitrogens is 4. The molecule has 1 aromatic carbocycles. The molecule has 0 atom stereocenters. The Kier molecular flexibility index (Phi) is 3.75. The third-order valence-corrected chi connectivity index (χ3v) is 2.90. The van der Waals surface area contributed by atoms with Crippen LogP contribution in [0.3, 0.4) is 0 Å². The van der Waals surface area contributed by atoms with E-state index in [2.05, 4.69) is 20.1 Å². The first kappa shape index (κ1) is 14.1. The molecule has 0 spiro atoms. The van der Waals surface area contributed by atoms with Gasteiger partial charge in [0.2, 0.25) is 5.82 Å². The Balaban J connectivity index is 1.92. The van der Waals surface area contributed by atoms with Crippen LogP contribution in [-0.4, -0.2) is 27.2 Å². The number of hydrogen-bond acceptors (Lipinski definition) is 7. The lowest BCUT2D eigenvalue weighted by molar-refractivity contribution is 0.178. The maximum atomic E-state index is 12.9. The van der Waals surface area contributed by atoms with Crippen LogP contribution in [0.2, 0.25) is 0 Å². The van der Waals surface area contributed by atoms with Gasteiger partial charge in [-0.1, -0.05) is 5.16 Å². The number of ether oxygens (including phenoxy) is 1. The Morgan fingerprint density at radius 1 is 1.23 bits per heavy atom. The largest absolute Gasteiger partial charge is 0.383 e. The minimum Gasteiger partial charge on any atom is -0.383 e. The molecule has 2 heterocycles. The van der Waals surface area contributed by atoms with Crippen LogP contribution in [0.15, 0.2) is 35.0 Å². The molecule has 0 aliphatic rings. The quantitative estimate of drug-likeness (QED) is 0.787. The monoisotopic (exact) mass is 301 g/mol. The van der Waals surface area contributed by atoms with E-state index in [1.165, 1.54) is 18.3 Å². The Hall–Kier alpha value is -2.87. The standard InChI is InChI=1S/C14H12FN5O2/c1-21-7-11-17-6-10(12(16)18-11)13-19-14(22-20-13)8-2-4-9(15)5-3-8/h2-6H,7H2,1H3,(H2,16,17,18). The maximum Gasteiger partial charge on any atom is 0.258 e. The van der Waals surface area contributed by atoms with Gasteiger partial charge in [0.25, 0.3) is 5.89 Å². The summed E-state index contributed by atoms with van der Waals surface area (Å²) in [7, 11) is 1.54. The second kappa shape index (κ2) is 5.86. The van der Waals surface area contributed by atoms with E-state index in [-0.39, 0.29) is 30.0 Å². The minimum absolute atomic E-state index is 0.230. The Bertz CT molecular complexity index is 788. The molecular weight excluding hydrogens is 289 g/mol. The molecule has 8 heteroatoms. The fourth-order valence-electron chi connectivity index (χ4n) is 1.85. The smallest absolute Gasteiger partial charge is 0.258 e. The first-order valence-electron chi connectivity index (χ1n) is 6.37. The van der Waals surface area contributed by atoms with Crippen molar-refractivity contribution in [3.63, 3.8) is 0 Å². The lowest BCUT2D eigenvalue weighted by atomic mass is 10.2. The summed E-state index contributed by atoms with van der Waals surface area (Å²) in [5, 5.41) is 3.85. The average Bonchev–Trinajstić information content (AvgIpc) is 2.98. The van der Waals surface area contributed by atoms with Gasteiger partial charge in [-0.15, -0.1) is 0 Å². The lowest BCUT2D eigenvalue weighted by Gasteiger charge is -2.02. The highest BCUT2D eigenvalue weighted by molar-refractivity contribution is 5.68. The number of anilines is 1. The topological polar surface area (TPSA) is 100.0 Å². The summed E-state index contributed by atoms with van der Waals surface area (Å²) >= 11 is 0. The summed E-state index contributed by atoms with van der Waals surface area (Å²) in [6.07, 6.45) is 1.51. The highest BCUT2D eigenvalue weighted by Gasteiger charge is 2.15. The molecule has 2 aromatic heterocycles. The van der Waals surface area contributed by atoms with E-state index in [4.69, 9.17) is 15.0 Å². The predicted molar refractivity (Wildman–Crippen MR) is 75.8 cm³/mol. The summed E-state index contributed by atoms with van der Waals surface area (Å²) in [4.78, 5) is 12.4. The molecule has 0 aliphatic carbocycles. The van der Waals surface area contributed by atoms with Gasteiger partial charge in [0.15, 0.2) is 5.82 Å². The van der Waals surface area contributed by atoms with E-state index >= 15 is 0 Å². The molecule has 0 aliphatic heterocycles. The van der Waals surface area contributed by atoms with Crippen LogP contribution in [0.25, 0.3) is 22.8 Å². The van der Waals surface area contributed by atoms with Gasteiger partial charge in [-0.2, -0.15) is 4.98 Å². The second-order valence-corrected chi connectivity index (χ2v) is 4.45. The summed E-state index contributed by atoms with van der Waals surface area (Å²) in [6.45, 7) is 0.261. The zero-order valence-electron chi connectivity index (χ0n) is 11.7. The van der Waals surface area contributed by atoms with E-state index < -0.39 is 0 Å². The molecule has 0 unspecified atom stereocenters. The van der Waals surface area contributed by atoms with Gasteiger partial charge in [-0.05, 0) is 24.3 Å². The summed E-state index contributed by atoms with van der Waals surface area (Å²) in [5.41, 5.74) is 6.94. The van der Waals surface area contributed by atoms with Gasteiger partial charge in [-0.25, -0.2) is 14.4 Å². The van der Waals surface area contributed by atoms with E-state index in [1.54, 1.807) is 19.2 Å². The van der Waals surface area contributed by atoms with Crippen molar-refractivity contribution in [3.05, 3.63) is 42.1 Å². The average molecular weight is 301 g/mol. The Morgan fingerprint density at radius 3 is 2.68 bits per heavy atom. The maximum absolute atomic E-state index is 12.9. The molecular formula is C14H12FN5O2. The van der Waals surface area contributed by atoms with Gasteiger partial charge in [-0.3, -0.25) is 0 Å². The zero-order chi connectivity index (χ0) is 15.5. The second-order valence-electron chi connectivity index (χ2n) is 4.45. The van der Waals surface area contributed by atoms with Crippen LogP contribution in [-0.2, 0) is 11.3 Å². The predicted octanol–water partition coefficient (Wildman–Crippen LogP) is 2.06. The first-order chi connectivity index (χ1) is 10.7. The molecule has 2 N–H and O–H groups in total. The molecule has 0 radical (unpaired) electrons. The lowest BCUT2D eigenvalue weighted by Crippen LogP contribution is -2.03. The number of nitrogens with zero attached hydrogens (tertiary/aromatic N) is 4. The molecule has 112 valence electrons. The van der Waals surface area contributed by atoms with E-state index in [0.29, 0.717) is 17.0 Å². The van der Waals surface area contributed by atoms with Crippen LogP contribution in [0.1, 0.15) is 5.82 Å². The van der Waals surface area contributed by atoms with E-state index in [1.807, 2.05) is 0 Å².